The van der Waals surface area contributed by atoms with Crippen LogP contribution in [0.15, 0.2) is 12.2 Å². The fraction of sp³-hybridized carbons (Fsp3) is 0.636. The lowest BCUT2D eigenvalue weighted by atomic mass is 9.63. The molecule has 4 rings (SSSR count). The van der Waals surface area contributed by atoms with E-state index in [1.54, 1.807) is 7.05 Å². The Morgan fingerprint density at radius 3 is 1.86 bits per heavy atom. The molecule has 0 radical (unpaired) electrons. The van der Waals surface area contributed by atoms with Gasteiger partial charge in [-0.2, -0.15) is 0 Å². The van der Waals surface area contributed by atoms with Gasteiger partial charge in [0, 0.05) is 7.05 Å². The summed E-state index contributed by atoms with van der Waals surface area (Å²) in [6.07, 6.45) is 6.43. The number of imide groups is 1. The number of rotatable bonds is 0. The van der Waals surface area contributed by atoms with Crippen LogP contribution in [0.3, 0.4) is 0 Å². The van der Waals surface area contributed by atoms with Gasteiger partial charge in [0.1, 0.15) is 0 Å². The molecule has 3 heteroatoms. The second-order valence-electron chi connectivity index (χ2n) is 4.58. The predicted molar refractivity (Wildman–Crippen MR) is 50.1 cm³/mol. The first-order chi connectivity index (χ1) is 6.70. The number of carbonyl (C=O) groups excluding carboxylic acids is 2. The van der Waals surface area contributed by atoms with Gasteiger partial charge in [-0.1, -0.05) is 12.2 Å². The monoisotopic (exact) mass is 191 g/mol. The molecule has 74 valence electrons. The molecule has 2 fully saturated rings. The summed E-state index contributed by atoms with van der Waals surface area (Å²) in [6.45, 7) is 0. The maximum Gasteiger partial charge on any atom is 0.233 e. The molecule has 4 atom stereocenters. The summed E-state index contributed by atoms with van der Waals surface area (Å²) >= 11 is 0. The molecule has 14 heavy (non-hydrogen) atoms. The van der Waals surface area contributed by atoms with Gasteiger partial charge in [-0.15, -0.1) is 0 Å². The van der Waals surface area contributed by atoms with Crippen molar-refractivity contribution in [1.82, 2.24) is 4.90 Å². The van der Waals surface area contributed by atoms with Gasteiger partial charge in [0.15, 0.2) is 0 Å². The fourth-order valence-electron chi connectivity index (χ4n) is 3.22. The van der Waals surface area contributed by atoms with Gasteiger partial charge in [-0.25, -0.2) is 0 Å². The summed E-state index contributed by atoms with van der Waals surface area (Å²) in [5, 5.41) is 0. The van der Waals surface area contributed by atoms with Gasteiger partial charge in [-0.3, -0.25) is 14.5 Å². The molecule has 3 nitrogen and oxygen atoms in total. The molecule has 1 saturated heterocycles. The molecular weight excluding hydrogens is 178 g/mol. The highest BCUT2D eigenvalue weighted by molar-refractivity contribution is 6.05. The molecule has 0 unspecified atom stereocenters. The van der Waals surface area contributed by atoms with Crippen molar-refractivity contribution in [2.75, 3.05) is 7.05 Å². The zero-order valence-corrected chi connectivity index (χ0v) is 8.14. The van der Waals surface area contributed by atoms with Crippen LogP contribution >= 0.6 is 0 Å². The molecule has 0 spiro atoms. The Bertz CT molecular complexity index is 315. The smallest absolute Gasteiger partial charge is 0.233 e. The summed E-state index contributed by atoms with van der Waals surface area (Å²) in [7, 11) is 1.61. The van der Waals surface area contributed by atoms with E-state index in [1.165, 1.54) is 4.90 Å². The fourth-order valence-corrected chi connectivity index (χ4v) is 3.22. The molecule has 2 amide bonds. The summed E-state index contributed by atoms with van der Waals surface area (Å²) in [5.41, 5.74) is 0. The van der Waals surface area contributed by atoms with Gasteiger partial charge in [-0.05, 0) is 24.7 Å². The Labute approximate surface area is 82.8 Å². The minimum atomic E-state index is -0.0313. The van der Waals surface area contributed by atoms with Gasteiger partial charge in [0.25, 0.3) is 0 Å². The number of nitrogens with zero attached hydrogens (tertiary/aromatic N) is 1. The number of likely N-dealkylation sites (tertiary alicyclic amines) is 1. The molecule has 1 saturated carbocycles. The summed E-state index contributed by atoms with van der Waals surface area (Å²) in [4.78, 5) is 24.9. The Balaban J connectivity index is 2.07. The van der Waals surface area contributed by atoms with Crippen LogP contribution in [0.4, 0.5) is 0 Å². The van der Waals surface area contributed by atoms with Crippen LogP contribution in [0.5, 0.6) is 0 Å². The van der Waals surface area contributed by atoms with Gasteiger partial charge in [0.2, 0.25) is 11.8 Å². The average Bonchev–Trinajstić information content (AvgIpc) is 2.47. The van der Waals surface area contributed by atoms with E-state index in [-0.39, 0.29) is 23.7 Å². The summed E-state index contributed by atoms with van der Waals surface area (Å²) in [5.74, 6) is 0.670. The van der Waals surface area contributed by atoms with E-state index >= 15 is 0 Å². The van der Waals surface area contributed by atoms with Crippen molar-refractivity contribution in [3.63, 3.8) is 0 Å². The lowest BCUT2D eigenvalue weighted by Crippen LogP contribution is -2.38. The van der Waals surface area contributed by atoms with E-state index < -0.39 is 0 Å². The third-order valence-electron chi connectivity index (χ3n) is 3.98. The second kappa shape index (κ2) is 2.47. The molecular formula is C11H13NO2. The first-order valence-electron chi connectivity index (χ1n) is 5.20. The molecule has 0 aromatic rings. The minimum absolute atomic E-state index is 0.0313. The number of allylic oxidation sites excluding steroid dienone is 2. The minimum Gasteiger partial charge on any atom is -0.285 e. The van der Waals surface area contributed by atoms with Crippen LogP contribution in [0.1, 0.15) is 12.8 Å². The second-order valence-corrected chi connectivity index (χ2v) is 4.58. The number of amides is 2. The SMILES string of the molecule is CN1C(=O)[C@@H]2[C@H](C1=O)[C@@H]1C=C[C@H]2CC1. The molecule has 0 aromatic carbocycles. The van der Waals surface area contributed by atoms with E-state index in [0.717, 1.165) is 12.8 Å². The maximum absolute atomic E-state index is 11.8. The first kappa shape index (κ1) is 8.21. The maximum atomic E-state index is 11.8. The molecule has 0 N–H and O–H groups in total. The van der Waals surface area contributed by atoms with Crippen molar-refractivity contribution in [2.24, 2.45) is 23.7 Å². The van der Waals surface area contributed by atoms with E-state index in [1.807, 2.05) is 0 Å². The van der Waals surface area contributed by atoms with Crippen molar-refractivity contribution >= 4 is 11.8 Å². The molecule has 1 heterocycles. The topological polar surface area (TPSA) is 37.4 Å². The van der Waals surface area contributed by atoms with Crippen LogP contribution in [-0.2, 0) is 9.59 Å². The first-order valence-corrected chi connectivity index (χ1v) is 5.20. The highest BCUT2D eigenvalue weighted by Gasteiger charge is 2.55. The zero-order valence-electron chi connectivity index (χ0n) is 8.14. The molecule has 2 bridgehead atoms. The number of fused-ring (bicyclic) bond motifs is 1. The van der Waals surface area contributed by atoms with Crippen LogP contribution in [0.2, 0.25) is 0 Å². The largest absolute Gasteiger partial charge is 0.285 e. The Morgan fingerprint density at radius 2 is 1.50 bits per heavy atom. The van der Waals surface area contributed by atoms with Crippen molar-refractivity contribution in [2.45, 2.75) is 12.8 Å². The highest BCUT2D eigenvalue weighted by Crippen LogP contribution is 2.49. The molecule has 4 aliphatic rings. The normalized spacial score (nSPS) is 44.8. The van der Waals surface area contributed by atoms with Crippen LogP contribution < -0.4 is 0 Å². The van der Waals surface area contributed by atoms with Crippen molar-refractivity contribution in [1.29, 1.82) is 0 Å². The van der Waals surface area contributed by atoms with Crippen LogP contribution in [0, 0.1) is 23.7 Å². The predicted octanol–water partition coefficient (Wildman–Crippen LogP) is 0.813. The Hall–Kier alpha value is -1.12. The third-order valence-corrected chi connectivity index (χ3v) is 3.98. The van der Waals surface area contributed by atoms with E-state index in [0.29, 0.717) is 11.8 Å². The Kier molecular flexibility index (Phi) is 1.45. The number of carbonyl (C=O) groups is 2. The Morgan fingerprint density at radius 1 is 1.07 bits per heavy atom. The third kappa shape index (κ3) is 0.781. The molecule has 0 aromatic heterocycles. The lowest BCUT2D eigenvalue weighted by molar-refractivity contribution is -0.138. The number of hydrogen-bond acceptors (Lipinski definition) is 2. The lowest BCUT2D eigenvalue weighted by Gasteiger charge is -2.38. The van der Waals surface area contributed by atoms with Gasteiger partial charge >= 0.3 is 0 Å². The van der Waals surface area contributed by atoms with Gasteiger partial charge in [0.05, 0.1) is 11.8 Å². The van der Waals surface area contributed by atoms with Crippen LogP contribution in [-0.4, -0.2) is 23.8 Å². The average molecular weight is 191 g/mol. The quantitative estimate of drug-likeness (QED) is 0.420. The molecule has 1 aliphatic heterocycles. The van der Waals surface area contributed by atoms with Crippen molar-refractivity contribution in [3.8, 4) is 0 Å². The van der Waals surface area contributed by atoms with Gasteiger partial charge < -0.3 is 0 Å². The van der Waals surface area contributed by atoms with Crippen LogP contribution in [0.25, 0.3) is 0 Å². The highest BCUT2D eigenvalue weighted by atomic mass is 16.2. The van der Waals surface area contributed by atoms with E-state index in [2.05, 4.69) is 12.2 Å². The standard InChI is InChI=1S/C11H13NO2/c1-12-10(13)8-6-2-3-7(5-4-6)9(8)11(12)14/h2-3,6-9H,4-5H2,1H3/t6-,7+,8-,9+. The van der Waals surface area contributed by atoms with E-state index in [9.17, 15) is 9.59 Å². The van der Waals surface area contributed by atoms with Crippen molar-refractivity contribution < 1.29 is 9.59 Å². The summed E-state index contributed by atoms with van der Waals surface area (Å²) in [6, 6.07) is 0. The summed E-state index contributed by atoms with van der Waals surface area (Å²) < 4.78 is 0. The molecule has 3 aliphatic carbocycles. The van der Waals surface area contributed by atoms with Crippen molar-refractivity contribution in [3.05, 3.63) is 12.2 Å². The number of hydrogen-bond donors (Lipinski definition) is 0. The zero-order chi connectivity index (χ0) is 9.87. The van der Waals surface area contributed by atoms with E-state index in [4.69, 9.17) is 0 Å².